The molecule has 0 saturated heterocycles. The summed E-state index contributed by atoms with van der Waals surface area (Å²) in [6.07, 6.45) is 2.52. The zero-order valence-electron chi connectivity index (χ0n) is 22.0. The van der Waals surface area contributed by atoms with Gasteiger partial charge in [-0.05, 0) is 43.2 Å². The van der Waals surface area contributed by atoms with E-state index in [1.54, 1.807) is 32.0 Å². The minimum atomic E-state index is -0.974. The summed E-state index contributed by atoms with van der Waals surface area (Å²) in [5.41, 5.74) is 0.275. The Morgan fingerprint density at radius 1 is 0.889 bits per heavy atom. The Balaban J connectivity index is 2.93. The van der Waals surface area contributed by atoms with Crippen molar-refractivity contribution in [2.45, 2.75) is 72.0 Å². The molecule has 1 heterocycles. The molecule has 11 heteroatoms. The van der Waals surface area contributed by atoms with Crippen molar-refractivity contribution in [1.29, 1.82) is 0 Å². The molecule has 0 aliphatic carbocycles. The first-order valence-corrected chi connectivity index (χ1v) is 12.2. The van der Waals surface area contributed by atoms with Gasteiger partial charge in [0.1, 0.15) is 23.8 Å². The molecule has 0 aliphatic heterocycles. The van der Waals surface area contributed by atoms with Gasteiger partial charge in [0.15, 0.2) is 0 Å². The number of carbonyl (C=O) groups excluding carboxylic acids is 5. The van der Waals surface area contributed by atoms with Gasteiger partial charge in [-0.1, -0.05) is 33.8 Å². The molecule has 11 nitrogen and oxygen atoms in total. The molecule has 5 N–H and O–H groups in total. The van der Waals surface area contributed by atoms with Gasteiger partial charge in [-0.25, -0.2) is 0 Å². The Labute approximate surface area is 213 Å². The lowest BCUT2D eigenvalue weighted by molar-refractivity contribution is -0.134. The highest BCUT2D eigenvalue weighted by Crippen LogP contribution is 2.08. The predicted octanol–water partition coefficient (Wildman–Crippen LogP) is 0.514. The molecule has 0 bridgehead atoms. The van der Waals surface area contributed by atoms with E-state index in [1.807, 2.05) is 13.8 Å². The average molecular weight is 505 g/mol. The number of carbonyl (C=O) groups is 5. The normalized spacial score (nSPS) is 13.3. The second-order valence-corrected chi connectivity index (χ2v) is 9.40. The number of pyridine rings is 1. The van der Waals surface area contributed by atoms with Crippen molar-refractivity contribution in [2.24, 2.45) is 11.8 Å². The molecule has 200 valence electrons. The fourth-order valence-electron chi connectivity index (χ4n) is 3.53. The highest BCUT2D eigenvalue weighted by Gasteiger charge is 2.30. The van der Waals surface area contributed by atoms with E-state index in [0.29, 0.717) is 12.8 Å². The Morgan fingerprint density at radius 3 is 2.08 bits per heavy atom. The van der Waals surface area contributed by atoms with Crippen LogP contribution in [0.4, 0.5) is 0 Å². The highest BCUT2D eigenvalue weighted by molar-refractivity contribution is 5.94. The Bertz CT molecular complexity index is 890. The van der Waals surface area contributed by atoms with Crippen molar-refractivity contribution >= 4 is 29.5 Å². The fourth-order valence-corrected chi connectivity index (χ4v) is 3.53. The first-order valence-electron chi connectivity index (χ1n) is 12.2. The maximum Gasteiger partial charge on any atom is 0.269 e. The first-order chi connectivity index (χ1) is 17.0. The third-order valence-corrected chi connectivity index (χ3v) is 5.38. The van der Waals surface area contributed by atoms with Crippen LogP contribution in [0.3, 0.4) is 0 Å². The quantitative estimate of drug-likeness (QED) is 0.232. The maximum atomic E-state index is 13.2. The summed E-state index contributed by atoms with van der Waals surface area (Å²) >= 11 is 0. The molecule has 0 aromatic carbocycles. The van der Waals surface area contributed by atoms with Gasteiger partial charge >= 0.3 is 0 Å². The van der Waals surface area contributed by atoms with E-state index < -0.39 is 29.9 Å². The van der Waals surface area contributed by atoms with E-state index in [2.05, 4.69) is 31.6 Å². The molecule has 3 atom stereocenters. The van der Waals surface area contributed by atoms with Crippen LogP contribution in [-0.2, 0) is 19.2 Å². The third-order valence-electron chi connectivity index (χ3n) is 5.38. The molecule has 1 aromatic rings. The van der Waals surface area contributed by atoms with Crippen LogP contribution in [0.5, 0.6) is 0 Å². The minimum Gasteiger partial charge on any atom is -0.357 e. The van der Waals surface area contributed by atoms with Crippen LogP contribution < -0.4 is 26.6 Å². The standard InChI is InChI=1S/C25H40N6O5/c1-15(2)14-20(22(33)26-6)31-24(35)19(30-25(36)21(16(3)4)29-17(5)32)11-9-13-28-23(34)18-10-7-8-12-27-18/h7-8,10,12,15-16,19-21H,9,11,13-14H2,1-6H3,(H,26,33)(H,28,34)(H,29,32)(H,30,36)(H,31,35)/t19-,20-,21-/m0/s1. The van der Waals surface area contributed by atoms with Crippen LogP contribution in [0.2, 0.25) is 0 Å². The van der Waals surface area contributed by atoms with E-state index in [0.717, 1.165) is 0 Å². The van der Waals surface area contributed by atoms with Crippen LogP contribution in [0, 0.1) is 11.8 Å². The van der Waals surface area contributed by atoms with Crippen molar-refractivity contribution in [1.82, 2.24) is 31.6 Å². The summed E-state index contributed by atoms with van der Waals surface area (Å²) in [7, 11) is 1.49. The zero-order valence-corrected chi connectivity index (χ0v) is 22.0. The number of nitrogens with zero attached hydrogens (tertiary/aromatic N) is 1. The molecule has 0 saturated carbocycles. The second kappa shape index (κ2) is 15.5. The number of rotatable bonds is 14. The van der Waals surface area contributed by atoms with Gasteiger partial charge in [0.25, 0.3) is 5.91 Å². The predicted molar refractivity (Wildman–Crippen MR) is 136 cm³/mol. The summed E-state index contributed by atoms with van der Waals surface area (Å²) in [6.45, 7) is 9.01. The van der Waals surface area contributed by atoms with Gasteiger partial charge in [-0.15, -0.1) is 0 Å². The van der Waals surface area contributed by atoms with Gasteiger partial charge in [-0.2, -0.15) is 0 Å². The van der Waals surface area contributed by atoms with E-state index in [4.69, 9.17) is 0 Å². The molecule has 0 aliphatic rings. The molecule has 5 amide bonds. The largest absolute Gasteiger partial charge is 0.357 e. The van der Waals surface area contributed by atoms with Crippen molar-refractivity contribution in [3.8, 4) is 0 Å². The van der Waals surface area contributed by atoms with Gasteiger partial charge in [0, 0.05) is 26.7 Å². The topological polar surface area (TPSA) is 158 Å². The van der Waals surface area contributed by atoms with E-state index >= 15 is 0 Å². The lowest BCUT2D eigenvalue weighted by Crippen LogP contribution is -2.57. The summed E-state index contributed by atoms with van der Waals surface area (Å²) in [4.78, 5) is 66.2. The lowest BCUT2D eigenvalue weighted by Gasteiger charge is -2.27. The summed E-state index contributed by atoms with van der Waals surface area (Å²) < 4.78 is 0. The Hall–Kier alpha value is -3.50. The minimum absolute atomic E-state index is 0.146. The first kappa shape index (κ1) is 30.5. The summed E-state index contributed by atoms with van der Waals surface area (Å²) in [5.74, 6) is -2.12. The number of hydrogen-bond acceptors (Lipinski definition) is 6. The van der Waals surface area contributed by atoms with Gasteiger partial charge in [0.05, 0.1) is 0 Å². The third kappa shape index (κ3) is 10.8. The van der Waals surface area contributed by atoms with Gasteiger partial charge < -0.3 is 26.6 Å². The molecular weight excluding hydrogens is 464 g/mol. The van der Waals surface area contributed by atoms with Crippen LogP contribution in [0.15, 0.2) is 24.4 Å². The molecule has 0 fully saturated rings. The van der Waals surface area contributed by atoms with Crippen LogP contribution in [0.25, 0.3) is 0 Å². The van der Waals surface area contributed by atoms with Crippen molar-refractivity contribution < 1.29 is 24.0 Å². The van der Waals surface area contributed by atoms with Crippen LogP contribution in [0.1, 0.15) is 64.4 Å². The zero-order chi connectivity index (χ0) is 27.3. The van der Waals surface area contributed by atoms with Gasteiger partial charge in [-0.3, -0.25) is 29.0 Å². The molecule has 0 radical (unpaired) electrons. The molecular formula is C25H40N6O5. The van der Waals surface area contributed by atoms with E-state index in [9.17, 15) is 24.0 Å². The van der Waals surface area contributed by atoms with E-state index in [-0.39, 0.29) is 48.2 Å². The monoisotopic (exact) mass is 504 g/mol. The Morgan fingerprint density at radius 2 is 1.56 bits per heavy atom. The number of aromatic nitrogens is 1. The molecule has 1 rings (SSSR count). The van der Waals surface area contributed by atoms with Crippen LogP contribution >= 0.6 is 0 Å². The van der Waals surface area contributed by atoms with Crippen LogP contribution in [-0.4, -0.2) is 66.2 Å². The van der Waals surface area contributed by atoms with Crippen molar-refractivity contribution in [3.05, 3.63) is 30.1 Å². The maximum absolute atomic E-state index is 13.2. The SMILES string of the molecule is CNC(=O)[C@H](CC(C)C)NC(=O)[C@H](CCCNC(=O)c1ccccn1)NC(=O)[C@@H](NC(C)=O)C(C)C. The number of hydrogen-bond donors (Lipinski definition) is 5. The number of nitrogens with one attached hydrogen (secondary N) is 5. The number of amides is 5. The molecule has 0 spiro atoms. The fraction of sp³-hybridized carbons (Fsp3) is 0.600. The Kier molecular flexibility index (Phi) is 13.1. The summed E-state index contributed by atoms with van der Waals surface area (Å²) in [6, 6.07) is 2.44. The van der Waals surface area contributed by atoms with E-state index in [1.165, 1.54) is 20.2 Å². The highest BCUT2D eigenvalue weighted by atomic mass is 16.2. The smallest absolute Gasteiger partial charge is 0.269 e. The number of likely N-dealkylation sites (N-methyl/N-ethyl adjacent to an activating group) is 1. The lowest BCUT2D eigenvalue weighted by atomic mass is 10.0. The molecule has 36 heavy (non-hydrogen) atoms. The van der Waals surface area contributed by atoms with Gasteiger partial charge in [0.2, 0.25) is 23.6 Å². The summed E-state index contributed by atoms with van der Waals surface area (Å²) in [5, 5.41) is 13.4. The van der Waals surface area contributed by atoms with Crippen molar-refractivity contribution in [2.75, 3.05) is 13.6 Å². The molecule has 0 unspecified atom stereocenters. The second-order valence-electron chi connectivity index (χ2n) is 9.40. The van der Waals surface area contributed by atoms with Crippen molar-refractivity contribution in [3.63, 3.8) is 0 Å². The molecule has 1 aromatic heterocycles. The average Bonchev–Trinajstić information content (AvgIpc) is 2.82.